The van der Waals surface area contributed by atoms with Gasteiger partial charge in [-0.15, -0.1) is 0 Å². The Bertz CT molecular complexity index is 471. The number of phenols is 1. The first-order chi connectivity index (χ1) is 8.28. The largest absolute Gasteiger partial charge is 0.508 e. The first-order valence-corrected chi connectivity index (χ1v) is 6.13. The number of aromatic hydroxyl groups is 1. The molecule has 0 amide bonds. The Hall–Kier alpha value is -1.76. The molecule has 0 aromatic heterocycles. The average molecular weight is 226 g/mol. The van der Waals surface area contributed by atoms with Gasteiger partial charge in [-0.05, 0) is 41.7 Å². The van der Waals surface area contributed by atoms with E-state index in [1.807, 2.05) is 18.2 Å². The number of phenolic OH excluding ortho intramolecular Hbond substituents is 1. The zero-order chi connectivity index (χ0) is 12.1. The van der Waals surface area contributed by atoms with Crippen molar-refractivity contribution in [1.82, 2.24) is 0 Å². The second-order valence-electron chi connectivity index (χ2n) is 4.41. The van der Waals surface area contributed by atoms with Crippen LogP contribution in [-0.2, 0) is 12.8 Å². The van der Waals surface area contributed by atoms with E-state index in [1.54, 1.807) is 6.07 Å². The van der Waals surface area contributed by atoms with E-state index in [9.17, 15) is 5.11 Å². The molecule has 0 atom stereocenters. The van der Waals surface area contributed by atoms with Crippen molar-refractivity contribution in [3.63, 3.8) is 0 Å². The summed E-state index contributed by atoms with van der Waals surface area (Å²) in [5, 5.41) is 9.41. The smallest absolute Gasteiger partial charge is 0.115 e. The van der Waals surface area contributed by atoms with E-state index < -0.39 is 0 Å². The first-order valence-electron chi connectivity index (χ1n) is 6.13. The lowest BCUT2D eigenvalue weighted by molar-refractivity contribution is 0.474. The summed E-state index contributed by atoms with van der Waals surface area (Å²) in [4.78, 5) is 0. The molecule has 0 unspecified atom stereocenters. The summed E-state index contributed by atoms with van der Waals surface area (Å²) >= 11 is 0. The molecule has 1 heteroatoms. The van der Waals surface area contributed by atoms with Crippen LogP contribution in [-0.4, -0.2) is 5.11 Å². The zero-order valence-electron chi connectivity index (χ0n) is 10.2. The minimum Gasteiger partial charge on any atom is -0.508 e. The average Bonchev–Trinajstić information content (AvgIpc) is 2.32. The highest BCUT2D eigenvalue weighted by molar-refractivity contribution is 5.32. The number of benzene rings is 2. The summed E-state index contributed by atoms with van der Waals surface area (Å²) in [6.07, 6.45) is 3.21. The number of hydrogen-bond donors (Lipinski definition) is 1. The van der Waals surface area contributed by atoms with E-state index in [0.29, 0.717) is 5.75 Å². The molecule has 0 spiro atoms. The third kappa shape index (κ3) is 3.35. The highest BCUT2D eigenvalue weighted by atomic mass is 16.3. The van der Waals surface area contributed by atoms with Gasteiger partial charge in [-0.3, -0.25) is 0 Å². The molecule has 2 aromatic carbocycles. The van der Waals surface area contributed by atoms with Gasteiger partial charge in [0.2, 0.25) is 0 Å². The van der Waals surface area contributed by atoms with Crippen molar-refractivity contribution in [3.05, 3.63) is 65.2 Å². The fourth-order valence-electron chi connectivity index (χ4n) is 2.01. The zero-order valence-corrected chi connectivity index (χ0v) is 10.2. The summed E-state index contributed by atoms with van der Waals surface area (Å²) in [6, 6.07) is 16.2. The van der Waals surface area contributed by atoms with Gasteiger partial charge in [-0.25, -0.2) is 0 Å². The van der Waals surface area contributed by atoms with E-state index in [0.717, 1.165) is 18.4 Å². The van der Waals surface area contributed by atoms with Crippen LogP contribution in [0.25, 0.3) is 0 Å². The standard InChI is InChI=1S/C16H18O/c1-2-4-13-7-9-14(10-8-13)11-15-5-3-6-16(17)12-15/h3,5-10,12,17H,2,4,11H2,1H3. The normalized spacial score (nSPS) is 10.4. The molecular formula is C16H18O. The molecule has 0 saturated heterocycles. The van der Waals surface area contributed by atoms with Crippen molar-refractivity contribution in [1.29, 1.82) is 0 Å². The van der Waals surface area contributed by atoms with Crippen LogP contribution in [0.4, 0.5) is 0 Å². The molecule has 2 rings (SSSR count). The summed E-state index contributed by atoms with van der Waals surface area (Å²) in [5.74, 6) is 0.338. The third-order valence-corrected chi connectivity index (χ3v) is 2.88. The predicted octanol–water partition coefficient (Wildman–Crippen LogP) is 3.94. The minimum absolute atomic E-state index is 0.338. The summed E-state index contributed by atoms with van der Waals surface area (Å²) in [7, 11) is 0. The molecule has 0 fully saturated rings. The van der Waals surface area contributed by atoms with Crippen molar-refractivity contribution < 1.29 is 5.11 Å². The maximum absolute atomic E-state index is 9.41. The van der Waals surface area contributed by atoms with Gasteiger partial charge in [0.15, 0.2) is 0 Å². The van der Waals surface area contributed by atoms with E-state index >= 15 is 0 Å². The van der Waals surface area contributed by atoms with E-state index in [4.69, 9.17) is 0 Å². The summed E-state index contributed by atoms with van der Waals surface area (Å²) in [5.41, 5.74) is 3.83. The number of aryl methyl sites for hydroxylation is 1. The molecule has 1 N–H and O–H groups in total. The Morgan fingerprint density at radius 1 is 0.882 bits per heavy atom. The minimum atomic E-state index is 0.338. The number of hydrogen-bond acceptors (Lipinski definition) is 1. The fraction of sp³-hybridized carbons (Fsp3) is 0.250. The second kappa shape index (κ2) is 5.53. The highest BCUT2D eigenvalue weighted by Crippen LogP contribution is 2.15. The fourth-order valence-corrected chi connectivity index (χ4v) is 2.01. The Morgan fingerprint density at radius 2 is 1.59 bits per heavy atom. The molecule has 0 heterocycles. The SMILES string of the molecule is CCCc1ccc(Cc2cccc(O)c2)cc1. The second-order valence-corrected chi connectivity index (χ2v) is 4.41. The molecule has 0 aliphatic carbocycles. The van der Waals surface area contributed by atoms with Gasteiger partial charge in [-0.2, -0.15) is 0 Å². The van der Waals surface area contributed by atoms with Crippen LogP contribution in [0.1, 0.15) is 30.0 Å². The molecule has 0 saturated carbocycles. The number of rotatable bonds is 4. The van der Waals surface area contributed by atoms with Gasteiger partial charge in [0.05, 0.1) is 0 Å². The lowest BCUT2D eigenvalue weighted by Gasteiger charge is -2.04. The van der Waals surface area contributed by atoms with Gasteiger partial charge < -0.3 is 5.11 Å². The van der Waals surface area contributed by atoms with Gasteiger partial charge in [0.25, 0.3) is 0 Å². The molecular weight excluding hydrogens is 208 g/mol. The quantitative estimate of drug-likeness (QED) is 0.837. The van der Waals surface area contributed by atoms with Crippen LogP contribution >= 0.6 is 0 Å². The van der Waals surface area contributed by atoms with Gasteiger partial charge in [-0.1, -0.05) is 49.7 Å². The van der Waals surface area contributed by atoms with Crippen molar-refractivity contribution in [2.45, 2.75) is 26.2 Å². The van der Waals surface area contributed by atoms with E-state index in [1.165, 1.54) is 17.5 Å². The van der Waals surface area contributed by atoms with Crippen LogP contribution < -0.4 is 0 Å². The van der Waals surface area contributed by atoms with E-state index in [2.05, 4.69) is 31.2 Å². The molecule has 88 valence electrons. The Balaban J connectivity index is 2.08. The maximum atomic E-state index is 9.41. The lowest BCUT2D eigenvalue weighted by atomic mass is 10.0. The Morgan fingerprint density at radius 3 is 2.24 bits per heavy atom. The van der Waals surface area contributed by atoms with Crippen molar-refractivity contribution >= 4 is 0 Å². The maximum Gasteiger partial charge on any atom is 0.115 e. The van der Waals surface area contributed by atoms with Crippen LogP contribution in [0.3, 0.4) is 0 Å². The third-order valence-electron chi connectivity index (χ3n) is 2.88. The monoisotopic (exact) mass is 226 g/mol. The van der Waals surface area contributed by atoms with Crippen molar-refractivity contribution in [3.8, 4) is 5.75 Å². The molecule has 1 nitrogen and oxygen atoms in total. The van der Waals surface area contributed by atoms with Crippen molar-refractivity contribution in [2.75, 3.05) is 0 Å². The molecule has 0 radical (unpaired) electrons. The molecule has 0 aliphatic heterocycles. The van der Waals surface area contributed by atoms with Crippen LogP contribution in [0.2, 0.25) is 0 Å². The summed E-state index contributed by atoms with van der Waals surface area (Å²) in [6.45, 7) is 2.20. The summed E-state index contributed by atoms with van der Waals surface area (Å²) < 4.78 is 0. The van der Waals surface area contributed by atoms with Gasteiger partial charge in [0, 0.05) is 0 Å². The van der Waals surface area contributed by atoms with Gasteiger partial charge >= 0.3 is 0 Å². The topological polar surface area (TPSA) is 20.2 Å². The Kier molecular flexibility index (Phi) is 3.81. The van der Waals surface area contributed by atoms with Gasteiger partial charge in [0.1, 0.15) is 5.75 Å². The Labute approximate surface area is 103 Å². The lowest BCUT2D eigenvalue weighted by Crippen LogP contribution is -1.89. The van der Waals surface area contributed by atoms with Crippen molar-refractivity contribution in [2.24, 2.45) is 0 Å². The highest BCUT2D eigenvalue weighted by Gasteiger charge is 1.98. The van der Waals surface area contributed by atoms with Crippen LogP contribution in [0.15, 0.2) is 48.5 Å². The van der Waals surface area contributed by atoms with Crippen LogP contribution in [0.5, 0.6) is 5.75 Å². The van der Waals surface area contributed by atoms with E-state index in [-0.39, 0.29) is 0 Å². The molecule has 0 bridgehead atoms. The first kappa shape index (κ1) is 11.7. The molecule has 0 aliphatic rings. The predicted molar refractivity (Wildman–Crippen MR) is 71.3 cm³/mol. The molecule has 2 aromatic rings. The van der Waals surface area contributed by atoms with Crippen LogP contribution in [0, 0.1) is 0 Å². The molecule has 17 heavy (non-hydrogen) atoms.